The fourth-order valence-corrected chi connectivity index (χ4v) is 2.03. The molecule has 0 aliphatic carbocycles. The molecule has 0 heterocycles. The van der Waals surface area contributed by atoms with Crippen LogP contribution in [-0.2, 0) is 11.3 Å². The van der Waals surface area contributed by atoms with Gasteiger partial charge in [0.05, 0.1) is 13.7 Å². The molecule has 0 radical (unpaired) electrons. The van der Waals surface area contributed by atoms with Crippen molar-refractivity contribution in [1.82, 2.24) is 0 Å². The lowest BCUT2D eigenvalue weighted by Gasteiger charge is -2.12. The molecule has 1 atom stereocenters. The van der Waals surface area contributed by atoms with Crippen LogP contribution in [-0.4, -0.2) is 13.7 Å². The molecule has 3 nitrogen and oxygen atoms in total. The van der Waals surface area contributed by atoms with Crippen LogP contribution in [0.25, 0.3) is 0 Å². The van der Waals surface area contributed by atoms with Crippen LogP contribution in [0, 0.1) is 0 Å². The van der Waals surface area contributed by atoms with Gasteiger partial charge in [0.1, 0.15) is 5.75 Å². The average Bonchev–Trinajstić information content (AvgIpc) is 2.52. The Hall–Kier alpha value is -1.55. The van der Waals surface area contributed by atoms with Crippen molar-refractivity contribution in [2.45, 2.75) is 19.1 Å². The number of hydrogen-bond donors (Lipinski definition) is 1. The minimum Gasteiger partial charge on any atom is -0.497 e. The van der Waals surface area contributed by atoms with Crippen LogP contribution in [0.5, 0.6) is 5.75 Å². The molecule has 2 N–H and O–H groups in total. The Morgan fingerprint density at radius 1 is 1.05 bits per heavy atom. The van der Waals surface area contributed by atoms with Crippen LogP contribution in [0.3, 0.4) is 0 Å². The van der Waals surface area contributed by atoms with Gasteiger partial charge >= 0.3 is 0 Å². The Morgan fingerprint density at radius 3 is 2.52 bits per heavy atom. The van der Waals surface area contributed by atoms with Crippen molar-refractivity contribution in [2.24, 2.45) is 5.73 Å². The van der Waals surface area contributed by atoms with Crippen LogP contribution in [0.15, 0.2) is 54.6 Å². The largest absolute Gasteiger partial charge is 0.497 e. The molecular weight excluding hydrogens is 286 g/mol. The molecule has 0 aliphatic rings. The summed E-state index contributed by atoms with van der Waals surface area (Å²) in [6, 6.07) is 18.0. The van der Waals surface area contributed by atoms with Gasteiger partial charge in [-0.05, 0) is 29.7 Å². The summed E-state index contributed by atoms with van der Waals surface area (Å²) in [7, 11) is 1.67. The van der Waals surface area contributed by atoms with Crippen molar-refractivity contribution in [3.63, 3.8) is 0 Å². The Balaban J connectivity index is 0.00000220. The van der Waals surface area contributed by atoms with Gasteiger partial charge in [-0.25, -0.2) is 0 Å². The van der Waals surface area contributed by atoms with E-state index in [9.17, 15) is 0 Å². The predicted octanol–water partition coefficient (Wildman–Crippen LogP) is 3.72. The molecule has 0 bridgehead atoms. The Bertz CT molecular complexity index is 519. The molecule has 0 saturated carbocycles. The molecule has 0 amide bonds. The van der Waals surface area contributed by atoms with Crippen molar-refractivity contribution >= 4 is 12.4 Å². The van der Waals surface area contributed by atoms with Crippen LogP contribution in [0.4, 0.5) is 0 Å². The normalized spacial score (nSPS) is 11.5. The summed E-state index contributed by atoms with van der Waals surface area (Å²) in [5.41, 5.74) is 8.38. The van der Waals surface area contributed by atoms with Gasteiger partial charge in [0.2, 0.25) is 0 Å². The number of benzene rings is 2. The van der Waals surface area contributed by atoms with Crippen LogP contribution in [0.2, 0.25) is 0 Å². The number of hydrogen-bond acceptors (Lipinski definition) is 3. The van der Waals surface area contributed by atoms with E-state index >= 15 is 0 Å². The van der Waals surface area contributed by atoms with Gasteiger partial charge in [-0.2, -0.15) is 0 Å². The fourth-order valence-electron chi connectivity index (χ4n) is 2.03. The zero-order valence-corrected chi connectivity index (χ0v) is 13.0. The predicted molar refractivity (Wildman–Crippen MR) is 87.9 cm³/mol. The standard InChI is InChI=1S/C17H21NO2.ClH/c1-19-16-9-5-6-14(12-16)13-20-11-10-17(18)15-7-3-2-4-8-15;/h2-9,12,17H,10-11,13,18H2,1H3;1H. The summed E-state index contributed by atoms with van der Waals surface area (Å²) in [5.74, 6) is 0.854. The van der Waals surface area contributed by atoms with Gasteiger partial charge in [-0.3, -0.25) is 0 Å². The third kappa shape index (κ3) is 5.76. The van der Waals surface area contributed by atoms with Crippen molar-refractivity contribution in [3.8, 4) is 5.75 Å². The van der Waals surface area contributed by atoms with Crippen molar-refractivity contribution in [3.05, 3.63) is 65.7 Å². The Morgan fingerprint density at radius 2 is 1.81 bits per heavy atom. The monoisotopic (exact) mass is 307 g/mol. The minimum absolute atomic E-state index is 0. The molecule has 4 heteroatoms. The lowest BCUT2D eigenvalue weighted by molar-refractivity contribution is 0.114. The molecule has 114 valence electrons. The van der Waals surface area contributed by atoms with Crippen molar-refractivity contribution in [2.75, 3.05) is 13.7 Å². The van der Waals surface area contributed by atoms with E-state index in [0.29, 0.717) is 13.2 Å². The second-order valence-corrected chi connectivity index (χ2v) is 4.71. The second-order valence-electron chi connectivity index (χ2n) is 4.71. The molecule has 0 aliphatic heterocycles. The summed E-state index contributed by atoms with van der Waals surface area (Å²) in [6.07, 6.45) is 0.813. The van der Waals surface area contributed by atoms with Crippen LogP contribution >= 0.6 is 12.4 Å². The minimum atomic E-state index is 0. The first kappa shape index (κ1) is 17.5. The number of nitrogens with two attached hydrogens (primary N) is 1. The highest BCUT2D eigenvalue weighted by atomic mass is 35.5. The lowest BCUT2D eigenvalue weighted by Crippen LogP contribution is -2.13. The van der Waals surface area contributed by atoms with Gasteiger partial charge in [0, 0.05) is 12.6 Å². The molecule has 1 unspecified atom stereocenters. The third-order valence-corrected chi connectivity index (χ3v) is 3.20. The van der Waals surface area contributed by atoms with Gasteiger partial charge < -0.3 is 15.2 Å². The maximum absolute atomic E-state index is 6.12. The van der Waals surface area contributed by atoms with E-state index in [-0.39, 0.29) is 18.4 Å². The summed E-state index contributed by atoms with van der Waals surface area (Å²) in [5, 5.41) is 0. The van der Waals surface area contributed by atoms with Gasteiger partial charge in [-0.1, -0.05) is 42.5 Å². The van der Waals surface area contributed by atoms with Gasteiger partial charge in [0.15, 0.2) is 0 Å². The summed E-state index contributed by atoms with van der Waals surface area (Å²) >= 11 is 0. The molecule has 21 heavy (non-hydrogen) atoms. The zero-order chi connectivity index (χ0) is 14.2. The number of ether oxygens (including phenoxy) is 2. The summed E-state index contributed by atoms with van der Waals surface area (Å²) in [6.45, 7) is 1.23. The first-order valence-corrected chi connectivity index (χ1v) is 6.81. The zero-order valence-electron chi connectivity index (χ0n) is 12.2. The highest BCUT2D eigenvalue weighted by Crippen LogP contribution is 2.15. The molecule has 0 fully saturated rings. The van der Waals surface area contributed by atoms with E-state index in [1.165, 1.54) is 0 Å². The average molecular weight is 308 g/mol. The lowest BCUT2D eigenvalue weighted by atomic mass is 10.1. The molecule has 2 rings (SSSR count). The number of rotatable bonds is 7. The molecule has 0 saturated heterocycles. The van der Waals surface area contributed by atoms with Crippen molar-refractivity contribution in [1.29, 1.82) is 0 Å². The van der Waals surface area contributed by atoms with E-state index in [1.807, 2.05) is 54.6 Å². The van der Waals surface area contributed by atoms with E-state index < -0.39 is 0 Å². The maximum atomic E-state index is 6.12. The van der Waals surface area contributed by atoms with Crippen LogP contribution < -0.4 is 10.5 Å². The first-order chi connectivity index (χ1) is 9.79. The Labute approximate surface area is 132 Å². The molecule has 2 aromatic rings. The smallest absolute Gasteiger partial charge is 0.119 e. The maximum Gasteiger partial charge on any atom is 0.119 e. The van der Waals surface area contributed by atoms with Crippen molar-refractivity contribution < 1.29 is 9.47 Å². The summed E-state index contributed by atoms with van der Waals surface area (Å²) in [4.78, 5) is 0. The fraction of sp³-hybridized carbons (Fsp3) is 0.294. The van der Waals surface area contributed by atoms with Gasteiger partial charge in [-0.15, -0.1) is 12.4 Å². The Kier molecular flexibility index (Phi) is 7.83. The first-order valence-electron chi connectivity index (χ1n) is 6.81. The third-order valence-electron chi connectivity index (χ3n) is 3.20. The van der Waals surface area contributed by atoms with E-state index in [0.717, 1.165) is 23.3 Å². The second kappa shape index (κ2) is 9.40. The number of halogens is 1. The molecule has 0 aromatic heterocycles. The quantitative estimate of drug-likeness (QED) is 0.793. The topological polar surface area (TPSA) is 44.5 Å². The van der Waals surface area contributed by atoms with Gasteiger partial charge in [0.25, 0.3) is 0 Å². The SMILES string of the molecule is COc1cccc(COCCC(N)c2ccccc2)c1.Cl. The highest BCUT2D eigenvalue weighted by Gasteiger charge is 2.05. The van der Waals surface area contributed by atoms with Crippen LogP contribution in [0.1, 0.15) is 23.6 Å². The number of methoxy groups -OCH3 is 1. The molecular formula is C17H22ClNO2. The van der Waals surface area contributed by atoms with E-state index in [2.05, 4.69) is 0 Å². The molecule has 2 aromatic carbocycles. The van der Waals surface area contributed by atoms with E-state index in [1.54, 1.807) is 7.11 Å². The summed E-state index contributed by atoms with van der Waals surface area (Å²) < 4.78 is 10.9. The molecule has 0 spiro atoms. The van der Waals surface area contributed by atoms with E-state index in [4.69, 9.17) is 15.2 Å². The highest BCUT2D eigenvalue weighted by molar-refractivity contribution is 5.85.